The molecular weight excluding hydrogens is 162 g/mol. The summed E-state index contributed by atoms with van der Waals surface area (Å²) in [6.45, 7) is 6.33. The highest BCUT2D eigenvalue weighted by molar-refractivity contribution is 4.74. The van der Waals surface area contributed by atoms with Crippen LogP contribution in [-0.4, -0.2) is 12.7 Å². The fraction of sp³-hybridized carbons (Fsp3) is 0.909. The molecule has 0 aromatic carbocycles. The number of ether oxygens (including phenoxy) is 1. The summed E-state index contributed by atoms with van der Waals surface area (Å²) in [5.74, 6) is 0.526. The maximum atomic E-state index is 8.47. The lowest BCUT2D eigenvalue weighted by atomic mass is 9.95. The molecule has 0 fully saturated rings. The summed E-state index contributed by atoms with van der Waals surface area (Å²) in [5, 5.41) is 8.47. The highest BCUT2D eigenvalue weighted by atomic mass is 16.5. The standard InChI is InChI=1S/C11H21NO/c1-10(7-9-12)6-5-8-11(2,3)13-4/h10H,5-8H2,1-4H3/t10-/m1/s1. The van der Waals surface area contributed by atoms with Crippen molar-refractivity contribution in [3.05, 3.63) is 0 Å². The van der Waals surface area contributed by atoms with Crippen molar-refractivity contribution in [1.29, 1.82) is 5.26 Å². The van der Waals surface area contributed by atoms with E-state index in [0.29, 0.717) is 12.3 Å². The van der Waals surface area contributed by atoms with Gasteiger partial charge in [-0.2, -0.15) is 5.26 Å². The van der Waals surface area contributed by atoms with E-state index in [1.54, 1.807) is 7.11 Å². The fourth-order valence-corrected chi connectivity index (χ4v) is 1.24. The summed E-state index contributed by atoms with van der Waals surface area (Å²) < 4.78 is 5.31. The number of hydrogen-bond donors (Lipinski definition) is 0. The molecule has 0 radical (unpaired) electrons. The highest BCUT2D eigenvalue weighted by Crippen LogP contribution is 2.19. The Labute approximate surface area is 81.9 Å². The number of hydrogen-bond acceptors (Lipinski definition) is 2. The van der Waals surface area contributed by atoms with Crippen LogP contribution in [0.4, 0.5) is 0 Å². The second-order valence-corrected chi connectivity index (χ2v) is 4.32. The normalized spacial score (nSPS) is 13.8. The molecule has 0 amide bonds. The van der Waals surface area contributed by atoms with Gasteiger partial charge in [-0.15, -0.1) is 0 Å². The Morgan fingerprint density at radius 1 is 1.46 bits per heavy atom. The van der Waals surface area contributed by atoms with Crippen molar-refractivity contribution in [2.24, 2.45) is 5.92 Å². The Morgan fingerprint density at radius 2 is 2.08 bits per heavy atom. The Morgan fingerprint density at radius 3 is 2.54 bits per heavy atom. The first-order chi connectivity index (χ1) is 6.02. The molecule has 0 saturated heterocycles. The molecule has 2 nitrogen and oxygen atoms in total. The van der Waals surface area contributed by atoms with Crippen molar-refractivity contribution in [2.75, 3.05) is 7.11 Å². The lowest BCUT2D eigenvalue weighted by Crippen LogP contribution is -2.22. The molecule has 0 aliphatic heterocycles. The third-order valence-electron chi connectivity index (χ3n) is 2.47. The van der Waals surface area contributed by atoms with Crippen molar-refractivity contribution in [2.45, 2.75) is 52.1 Å². The summed E-state index contributed by atoms with van der Waals surface area (Å²) in [5.41, 5.74) is -0.00758. The molecule has 0 rings (SSSR count). The van der Waals surface area contributed by atoms with Gasteiger partial charge in [0.25, 0.3) is 0 Å². The zero-order valence-corrected chi connectivity index (χ0v) is 9.26. The lowest BCUT2D eigenvalue weighted by molar-refractivity contribution is 0.0128. The average molecular weight is 183 g/mol. The third kappa shape index (κ3) is 6.60. The Balaban J connectivity index is 3.51. The molecule has 0 bridgehead atoms. The van der Waals surface area contributed by atoms with E-state index in [4.69, 9.17) is 10.00 Å². The highest BCUT2D eigenvalue weighted by Gasteiger charge is 2.15. The molecule has 0 aliphatic rings. The zero-order chi connectivity index (χ0) is 10.3. The smallest absolute Gasteiger partial charge is 0.0624 e. The van der Waals surface area contributed by atoms with Gasteiger partial charge in [-0.3, -0.25) is 0 Å². The van der Waals surface area contributed by atoms with E-state index in [2.05, 4.69) is 26.8 Å². The van der Waals surface area contributed by atoms with Crippen molar-refractivity contribution >= 4 is 0 Å². The van der Waals surface area contributed by atoms with Crippen molar-refractivity contribution < 1.29 is 4.74 Å². The molecule has 2 heteroatoms. The quantitative estimate of drug-likeness (QED) is 0.633. The van der Waals surface area contributed by atoms with E-state index in [9.17, 15) is 0 Å². The van der Waals surface area contributed by atoms with Gasteiger partial charge >= 0.3 is 0 Å². The second kappa shape index (κ2) is 5.99. The topological polar surface area (TPSA) is 33.0 Å². The molecule has 0 unspecified atom stereocenters. The Kier molecular flexibility index (Phi) is 5.73. The fourth-order valence-electron chi connectivity index (χ4n) is 1.24. The monoisotopic (exact) mass is 183 g/mol. The van der Waals surface area contributed by atoms with Gasteiger partial charge in [0.05, 0.1) is 11.7 Å². The first-order valence-electron chi connectivity index (χ1n) is 4.94. The predicted molar refractivity (Wildman–Crippen MR) is 54.3 cm³/mol. The molecule has 0 aromatic rings. The third-order valence-corrected chi connectivity index (χ3v) is 2.47. The van der Waals surface area contributed by atoms with Crippen molar-refractivity contribution in [3.63, 3.8) is 0 Å². The molecule has 0 heterocycles. The summed E-state index contributed by atoms with van der Waals surface area (Å²) >= 11 is 0. The zero-order valence-electron chi connectivity index (χ0n) is 9.26. The van der Waals surface area contributed by atoms with Crippen LogP contribution in [-0.2, 0) is 4.74 Å². The van der Waals surface area contributed by atoms with Crippen LogP contribution in [0.1, 0.15) is 46.5 Å². The molecule has 0 aliphatic carbocycles. The van der Waals surface area contributed by atoms with Gasteiger partial charge in [-0.25, -0.2) is 0 Å². The first kappa shape index (κ1) is 12.4. The van der Waals surface area contributed by atoms with E-state index >= 15 is 0 Å². The number of nitriles is 1. The van der Waals surface area contributed by atoms with Gasteiger partial charge in [0.15, 0.2) is 0 Å². The van der Waals surface area contributed by atoms with Gasteiger partial charge < -0.3 is 4.74 Å². The minimum atomic E-state index is -0.00758. The maximum Gasteiger partial charge on any atom is 0.0624 e. The number of rotatable bonds is 6. The molecule has 1 atom stereocenters. The van der Waals surface area contributed by atoms with Crippen LogP contribution in [0.3, 0.4) is 0 Å². The van der Waals surface area contributed by atoms with Gasteiger partial charge in [-0.1, -0.05) is 13.3 Å². The molecule has 0 spiro atoms. The van der Waals surface area contributed by atoms with Crippen LogP contribution in [0.5, 0.6) is 0 Å². The maximum absolute atomic E-state index is 8.47. The first-order valence-corrected chi connectivity index (χ1v) is 4.94. The van der Waals surface area contributed by atoms with Gasteiger partial charge in [0.2, 0.25) is 0 Å². The summed E-state index contributed by atoms with van der Waals surface area (Å²) in [7, 11) is 1.75. The molecular formula is C11H21NO. The van der Waals surface area contributed by atoms with Crippen LogP contribution in [0.2, 0.25) is 0 Å². The van der Waals surface area contributed by atoms with Crippen LogP contribution in [0.15, 0.2) is 0 Å². The van der Waals surface area contributed by atoms with E-state index in [1.807, 2.05) is 0 Å². The van der Waals surface area contributed by atoms with Crippen LogP contribution in [0, 0.1) is 17.2 Å². The van der Waals surface area contributed by atoms with Gasteiger partial charge in [0.1, 0.15) is 0 Å². The SMILES string of the molecule is COC(C)(C)CCC[C@@H](C)CC#N. The number of methoxy groups -OCH3 is 1. The van der Waals surface area contributed by atoms with Gasteiger partial charge in [0, 0.05) is 13.5 Å². The molecule has 13 heavy (non-hydrogen) atoms. The molecule has 0 saturated carbocycles. The van der Waals surface area contributed by atoms with Crippen molar-refractivity contribution in [1.82, 2.24) is 0 Å². The molecule has 0 aromatic heterocycles. The Hall–Kier alpha value is -0.550. The van der Waals surface area contributed by atoms with Crippen LogP contribution >= 0.6 is 0 Å². The van der Waals surface area contributed by atoms with E-state index in [0.717, 1.165) is 19.3 Å². The van der Waals surface area contributed by atoms with Crippen LogP contribution in [0.25, 0.3) is 0 Å². The summed E-state index contributed by atoms with van der Waals surface area (Å²) in [6, 6.07) is 2.20. The largest absolute Gasteiger partial charge is 0.379 e. The minimum Gasteiger partial charge on any atom is -0.379 e. The van der Waals surface area contributed by atoms with E-state index in [-0.39, 0.29) is 5.60 Å². The molecule has 76 valence electrons. The van der Waals surface area contributed by atoms with Crippen molar-refractivity contribution in [3.8, 4) is 6.07 Å². The van der Waals surface area contributed by atoms with E-state index < -0.39 is 0 Å². The number of nitrogens with zero attached hydrogens (tertiary/aromatic N) is 1. The summed E-state index contributed by atoms with van der Waals surface area (Å²) in [6.07, 6.45) is 4.01. The molecule has 0 N–H and O–H groups in total. The predicted octanol–water partition coefficient (Wildman–Crippen LogP) is 3.13. The van der Waals surface area contributed by atoms with E-state index in [1.165, 1.54) is 0 Å². The Bertz CT molecular complexity index is 169. The van der Waals surface area contributed by atoms with Gasteiger partial charge in [-0.05, 0) is 32.6 Å². The summed E-state index contributed by atoms with van der Waals surface area (Å²) in [4.78, 5) is 0. The average Bonchev–Trinajstić information content (AvgIpc) is 2.05. The minimum absolute atomic E-state index is 0.00758. The van der Waals surface area contributed by atoms with Crippen LogP contribution < -0.4 is 0 Å². The second-order valence-electron chi connectivity index (χ2n) is 4.32. The lowest BCUT2D eigenvalue weighted by Gasteiger charge is -2.23.